The predicted octanol–water partition coefficient (Wildman–Crippen LogP) is 1.11. The zero-order valence-corrected chi connectivity index (χ0v) is 16.0. The van der Waals surface area contributed by atoms with Gasteiger partial charge in [-0.15, -0.1) is 21.5 Å². The molecule has 1 fully saturated rings. The van der Waals surface area contributed by atoms with Crippen molar-refractivity contribution in [3.8, 4) is 10.7 Å². The molecule has 9 nitrogen and oxygen atoms in total. The molecule has 2 N–H and O–H groups in total. The SMILES string of the molecule is CCOC(=O)N1CCN(C(=O)CSc2nnc(-c3cccs3)n2N)CC1. The molecule has 0 radical (unpaired) electrons. The predicted molar refractivity (Wildman–Crippen MR) is 99.4 cm³/mol. The van der Waals surface area contributed by atoms with Gasteiger partial charge in [0.05, 0.1) is 17.2 Å². The number of carbonyl (C=O) groups is 2. The van der Waals surface area contributed by atoms with Crippen LogP contribution in [0, 0.1) is 0 Å². The first-order chi connectivity index (χ1) is 12.6. The number of aromatic nitrogens is 3. The summed E-state index contributed by atoms with van der Waals surface area (Å²) in [5.41, 5.74) is 0. The van der Waals surface area contributed by atoms with Crippen molar-refractivity contribution in [2.75, 3.05) is 44.4 Å². The number of amides is 2. The average Bonchev–Trinajstić information content (AvgIpc) is 3.30. The summed E-state index contributed by atoms with van der Waals surface area (Å²) in [7, 11) is 0. The third-order valence-corrected chi connectivity index (χ3v) is 5.68. The van der Waals surface area contributed by atoms with Gasteiger partial charge in [-0.3, -0.25) is 4.79 Å². The molecule has 1 saturated heterocycles. The fraction of sp³-hybridized carbons (Fsp3) is 0.467. The van der Waals surface area contributed by atoms with Crippen molar-refractivity contribution in [2.24, 2.45) is 0 Å². The number of ether oxygens (including phenoxy) is 1. The van der Waals surface area contributed by atoms with Gasteiger partial charge in [0.25, 0.3) is 0 Å². The lowest BCUT2D eigenvalue weighted by Crippen LogP contribution is -2.51. The highest BCUT2D eigenvalue weighted by atomic mass is 32.2. The number of nitrogens with two attached hydrogens (primary N) is 1. The molecule has 0 aromatic carbocycles. The Balaban J connectivity index is 1.50. The van der Waals surface area contributed by atoms with Crippen LogP contribution in [0.15, 0.2) is 22.7 Å². The zero-order valence-electron chi connectivity index (χ0n) is 14.3. The molecule has 26 heavy (non-hydrogen) atoms. The lowest BCUT2D eigenvalue weighted by atomic mass is 10.3. The molecule has 1 aliphatic rings. The molecule has 0 atom stereocenters. The third-order valence-electron chi connectivity index (χ3n) is 3.89. The molecule has 0 spiro atoms. The normalized spacial score (nSPS) is 14.5. The molecule has 140 valence electrons. The summed E-state index contributed by atoms with van der Waals surface area (Å²) >= 11 is 2.78. The van der Waals surface area contributed by atoms with Crippen LogP contribution in [0.4, 0.5) is 4.79 Å². The van der Waals surface area contributed by atoms with Crippen LogP contribution in [0.5, 0.6) is 0 Å². The van der Waals surface area contributed by atoms with Gasteiger partial charge in [-0.1, -0.05) is 17.8 Å². The number of piperazine rings is 1. The van der Waals surface area contributed by atoms with Gasteiger partial charge in [0.1, 0.15) is 0 Å². The highest BCUT2D eigenvalue weighted by molar-refractivity contribution is 7.99. The van der Waals surface area contributed by atoms with Crippen molar-refractivity contribution in [3.05, 3.63) is 17.5 Å². The Hall–Kier alpha value is -2.27. The number of carbonyl (C=O) groups excluding carboxylic acids is 2. The van der Waals surface area contributed by atoms with Crippen molar-refractivity contribution >= 4 is 35.1 Å². The molecule has 0 aliphatic carbocycles. The molecule has 2 amide bonds. The highest BCUT2D eigenvalue weighted by Crippen LogP contribution is 2.25. The number of rotatable bonds is 5. The van der Waals surface area contributed by atoms with E-state index in [1.807, 2.05) is 17.5 Å². The Labute approximate surface area is 159 Å². The van der Waals surface area contributed by atoms with E-state index in [1.165, 1.54) is 27.8 Å². The van der Waals surface area contributed by atoms with E-state index in [-0.39, 0.29) is 17.8 Å². The molecule has 3 heterocycles. The Morgan fingerprint density at radius 1 is 1.27 bits per heavy atom. The summed E-state index contributed by atoms with van der Waals surface area (Å²) in [4.78, 5) is 28.4. The number of hydrogen-bond donors (Lipinski definition) is 1. The van der Waals surface area contributed by atoms with Crippen LogP contribution >= 0.6 is 23.1 Å². The van der Waals surface area contributed by atoms with Crippen molar-refractivity contribution in [1.82, 2.24) is 24.7 Å². The Bertz CT molecular complexity index is 756. The van der Waals surface area contributed by atoms with Crippen molar-refractivity contribution in [2.45, 2.75) is 12.1 Å². The monoisotopic (exact) mass is 396 g/mol. The van der Waals surface area contributed by atoms with E-state index in [2.05, 4.69) is 10.2 Å². The number of thioether (sulfide) groups is 1. The number of nitrogens with zero attached hydrogens (tertiary/aromatic N) is 5. The minimum absolute atomic E-state index is 0.0146. The molecule has 11 heteroatoms. The summed E-state index contributed by atoms with van der Waals surface area (Å²) < 4.78 is 6.38. The van der Waals surface area contributed by atoms with Gasteiger partial charge >= 0.3 is 6.09 Å². The van der Waals surface area contributed by atoms with E-state index in [0.29, 0.717) is 43.8 Å². The molecular weight excluding hydrogens is 376 g/mol. The Kier molecular flexibility index (Phi) is 5.99. The van der Waals surface area contributed by atoms with Crippen molar-refractivity contribution < 1.29 is 14.3 Å². The van der Waals surface area contributed by atoms with Crippen LogP contribution < -0.4 is 5.84 Å². The number of thiophene rings is 1. The van der Waals surface area contributed by atoms with E-state index in [4.69, 9.17) is 10.6 Å². The topological polar surface area (TPSA) is 107 Å². The second-order valence-electron chi connectivity index (χ2n) is 5.51. The molecule has 0 saturated carbocycles. The number of nitrogen functional groups attached to an aromatic ring is 1. The van der Waals surface area contributed by atoms with E-state index in [1.54, 1.807) is 16.7 Å². The smallest absolute Gasteiger partial charge is 0.409 e. The van der Waals surface area contributed by atoms with Gasteiger partial charge in [0.15, 0.2) is 5.82 Å². The second kappa shape index (κ2) is 8.41. The summed E-state index contributed by atoms with van der Waals surface area (Å²) in [5, 5.41) is 10.6. The first-order valence-electron chi connectivity index (χ1n) is 8.16. The Morgan fingerprint density at radius 3 is 2.65 bits per heavy atom. The molecule has 0 bridgehead atoms. The molecule has 2 aromatic rings. The first-order valence-corrected chi connectivity index (χ1v) is 10.0. The van der Waals surface area contributed by atoms with Crippen LogP contribution in [0.25, 0.3) is 10.7 Å². The van der Waals surface area contributed by atoms with E-state index in [9.17, 15) is 9.59 Å². The van der Waals surface area contributed by atoms with Crippen LogP contribution in [0.1, 0.15) is 6.92 Å². The quantitative estimate of drug-likeness (QED) is 0.596. The maximum atomic E-state index is 12.4. The Morgan fingerprint density at radius 2 is 2.00 bits per heavy atom. The van der Waals surface area contributed by atoms with Gasteiger partial charge in [0, 0.05) is 26.2 Å². The standard InChI is InChI=1S/C15H20N6O3S2/c1-2-24-15(23)20-7-5-19(6-8-20)12(22)10-26-14-18-17-13(21(14)16)11-4-3-9-25-11/h3-4,9H,2,5-8,10,16H2,1H3. The van der Waals surface area contributed by atoms with Gasteiger partial charge in [-0.25, -0.2) is 9.47 Å². The zero-order chi connectivity index (χ0) is 18.5. The van der Waals surface area contributed by atoms with Crippen molar-refractivity contribution in [3.63, 3.8) is 0 Å². The van der Waals surface area contributed by atoms with E-state index < -0.39 is 0 Å². The van der Waals surface area contributed by atoms with Crippen LogP contribution in [-0.4, -0.2) is 75.2 Å². The minimum Gasteiger partial charge on any atom is -0.450 e. The van der Waals surface area contributed by atoms with Gasteiger partial charge in [-0.2, -0.15) is 0 Å². The average molecular weight is 396 g/mol. The summed E-state index contributed by atoms with van der Waals surface area (Å²) in [6.45, 7) is 4.06. The van der Waals surface area contributed by atoms with Crippen molar-refractivity contribution in [1.29, 1.82) is 0 Å². The molecule has 0 unspecified atom stereocenters. The molecular formula is C15H20N6O3S2. The fourth-order valence-electron chi connectivity index (χ4n) is 2.52. The fourth-order valence-corrected chi connectivity index (χ4v) is 3.98. The lowest BCUT2D eigenvalue weighted by Gasteiger charge is -2.33. The van der Waals surface area contributed by atoms with Crippen LogP contribution in [-0.2, 0) is 9.53 Å². The van der Waals surface area contributed by atoms with Crippen LogP contribution in [0.2, 0.25) is 0 Å². The van der Waals surface area contributed by atoms with Crippen LogP contribution in [0.3, 0.4) is 0 Å². The largest absolute Gasteiger partial charge is 0.450 e. The first kappa shape index (κ1) is 18.5. The summed E-state index contributed by atoms with van der Waals surface area (Å²) in [5.74, 6) is 6.82. The maximum Gasteiger partial charge on any atom is 0.409 e. The second-order valence-corrected chi connectivity index (χ2v) is 7.40. The van der Waals surface area contributed by atoms with E-state index in [0.717, 1.165) is 4.88 Å². The third kappa shape index (κ3) is 4.10. The number of hydrogen-bond acceptors (Lipinski definition) is 8. The maximum absolute atomic E-state index is 12.4. The van der Waals surface area contributed by atoms with Gasteiger partial charge < -0.3 is 20.4 Å². The molecule has 1 aliphatic heterocycles. The minimum atomic E-state index is -0.327. The van der Waals surface area contributed by atoms with Gasteiger partial charge in [0.2, 0.25) is 11.1 Å². The lowest BCUT2D eigenvalue weighted by molar-refractivity contribution is -0.129. The summed E-state index contributed by atoms with van der Waals surface area (Å²) in [6, 6.07) is 3.83. The summed E-state index contributed by atoms with van der Waals surface area (Å²) in [6.07, 6.45) is -0.327. The van der Waals surface area contributed by atoms with Gasteiger partial charge in [-0.05, 0) is 18.4 Å². The van der Waals surface area contributed by atoms with E-state index >= 15 is 0 Å². The molecule has 3 rings (SSSR count). The highest BCUT2D eigenvalue weighted by Gasteiger charge is 2.25. The molecule has 2 aromatic heterocycles.